The van der Waals surface area contributed by atoms with E-state index in [0.717, 1.165) is 5.56 Å². The maximum Gasteiger partial charge on any atom is 0.306 e. The van der Waals surface area contributed by atoms with Crippen LogP contribution in [0.15, 0.2) is 10.5 Å². The van der Waals surface area contributed by atoms with Gasteiger partial charge in [0.25, 0.3) is 5.91 Å². The van der Waals surface area contributed by atoms with Crippen molar-refractivity contribution in [3.63, 3.8) is 0 Å². The zero-order valence-electron chi connectivity index (χ0n) is 11.0. The Morgan fingerprint density at radius 1 is 1.47 bits per heavy atom. The first kappa shape index (κ1) is 13.6. The van der Waals surface area contributed by atoms with Crippen molar-refractivity contribution in [3.8, 4) is 0 Å². The molecule has 1 amide bonds. The highest BCUT2D eigenvalue weighted by Crippen LogP contribution is 2.18. The van der Waals surface area contributed by atoms with Gasteiger partial charge in [0.1, 0.15) is 5.76 Å². The summed E-state index contributed by atoms with van der Waals surface area (Å²) in [5.74, 6) is -0.113. The normalized spacial score (nSPS) is 19.5. The number of carbonyl (C=O) groups is 2. The fourth-order valence-electron chi connectivity index (χ4n) is 2.22. The minimum atomic E-state index is -0.927. The van der Waals surface area contributed by atoms with E-state index in [9.17, 15) is 9.59 Å². The third-order valence-corrected chi connectivity index (χ3v) is 3.06. The molecule has 2 heterocycles. The Balaban J connectivity index is 2.07. The van der Waals surface area contributed by atoms with Gasteiger partial charge in [0.2, 0.25) is 0 Å². The molecule has 2 rings (SSSR count). The van der Waals surface area contributed by atoms with Crippen LogP contribution in [-0.2, 0) is 9.53 Å². The monoisotopic (exact) mass is 267 g/mol. The van der Waals surface area contributed by atoms with Gasteiger partial charge in [-0.2, -0.15) is 0 Å². The summed E-state index contributed by atoms with van der Waals surface area (Å²) in [4.78, 5) is 24.5. The molecule has 1 aliphatic heterocycles. The maximum atomic E-state index is 12.3. The molecule has 6 heteroatoms. The average molecular weight is 267 g/mol. The van der Waals surface area contributed by atoms with Crippen LogP contribution in [0.2, 0.25) is 0 Å². The van der Waals surface area contributed by atoms with Crippen molar-refractivity contribution in [3.05, 3.63) is 23.2 Å². The quantitative estimate of drug-likeness (QED) is 0.890. The number of carboxylic acids is 1. The molecule has 1 aromatic heterocycles. The Bertz CT molecular complexity index is 493. The lowest BCUT2D eigenvalue weighted by molar-refractivity contribution is -0.141. The molecule has 1 saturated heterocycles. The van der Waals surface area contributed by atoms with Crippen LogP contribution in [0.3, 0.4) is 0 Å². The van der Waals surface area contributed by atoms with Crippen molar-refractivity contribution in [2.24, 2.45) is 0 Å². The van der Waals surface area contributed by atoms with Crippen molar-refractivity contribution in [1.29, 1.82) is 0 Å². The van der Waals surface area contributed by atoms with Crippen molar-refractivity contribution in [2.75, 3.05) is 19.7 Å². The number of aliphatic carboxylic acids is 1. The van der Waals surface area contributed by atoms with Crippen LogP contribution < -0.4 is 0 Å². The van der Waals surface area contributed by atoms with Crippen molar-refractivity contribution in [1.82, 2.24) is 4.90 Å². The maximum absolute atomic E-state index is 12.3. The number of hydrogen-bond acceptors (Lipinski definition) is 4. The van der Waals surface area contributed by atoms with Gasteiger partial charge in [-0.3, -0.25) is 9.59 Å². The van der Waals surface area contributed by atoms with E-state index in [4.69, 9.17) is 14.3 Å². The highest BCUT2D eigenvalue weighted by Gasteiger charge is 2.28. The number of ether oxygens (including phenoxy) is 1. The van der Waals surface area contributed by atoms with Crippen molar-refractivity contribution < 1.29 is 23.8 Å². The number of amides is 1. The Morgan fingerprint density at radius 3 is 2.79 bits per heavy atom. The van der Waals surface area contributed by atoms with E-state index in [1.807, 2.05) is 13.0 Å². The second-order valence-corrected chi connectivity index (χ2v) is 4.71. The molecule has 104 valence electrons. The lowest BCUT2D eigenvalue weighted by atomic mass is 10.2. The minimum Gasteiger partial charge on any atom is -0.481 e. The van der Waals surface area contributed by atoms with E-state index in [1.165, 1.54) is 0 Å². The molecule has 0 radical (unpaired) electrons. The van der Waals surface area contributed by atoms with Gasteiger partial charge < -0.3 is 19.2 Å². The first-order chi connectivity index (χ1) is 8.97. The van der Waals surface area contributed by atoms with Gasteiger partial charge in [0, 0.05) is 18.7 Å². The van der Waals surface area contributed by atoms with Gasteiger partial charge in [-0.25, -0.2) is 0 Å². The molecule has 1 N–H and O–H groups in total. The summed E-state index contributed by atoms with van der Waals surface area (Å²) in [7, 11) is 0. The molecule has 0 saturated carbocycles. The third-order valence-electron chi connectivity index (χ3n) is 3.06. The molecule has 6 nitrogen and oxygen atoms in total. The van der Waals surface area contributed by atoms with Gasteiger partial charge in [0.15, 0.2) is 5.76 Å². The van der Waals surface area contributed by atoms with E-state index in [2.05, 4.69) is 0 Å². The van der Waals surface area contributed by atoms with Crippen LogP contribution in [0.4, 0.5) is 0 Å². The fourth-order valence-corrected chi connectivity index (χ4v) is 2.22. The Labute approximate surface area is 110 Å². The molecule has 0 aromatic carbocycles. The molecule has 0 aliphatic carbocycles. The summed E-state index contributed by atoms with van der Waals surface area (Å²) in [6, 6.07) is 1.81. The van der Waals surface area contributed by atoms with Gasteiger partial charge in [-0.1, -0.05) is 0 Å². The Hall–Kier alpha value is -1.82. The Morgan fingerprint density at radius 2 is 2.21 bits per heavy atom. The zero-order chi connectivity index (χ0) is 14.0. The summed E-state index contributed by atoms with van der Waals surface area (Å²) >= 11 is 0. The van der Waals surface area contributed by atoms with Gasteiger partial charge in [-0.05, 0) is 19.9 Å². The fraction of sp³-hybridized carbons (Fsp3) is 0.538. The predicted molar refractivity (Wildman–Crippen MR) is 66.1 cm³/mol. The van der Waals surface area contributed by atoms with Crippen LogP contribution in [0, 0.1) is 13.8 Å². The highest BCUT2D eigenvalue weighted by atomic mass is 16.5. The highest BCUT2D eigenvalue weighted by molar-refractivity contribution is 5.93. The number of furan rings is 1. The van der Waals surface area contributed by atoms with E-state index in [-0.39, 0.29) is 18.9 Å². The van der Waals surface area contributed by atoms with Crippen molar-refractivity contribution in [2.45, 2.75) is 26.4 Å². The number of nitrogens with zero attached hydrogens (tertiary/aromatic N) is 1. The van der Waals surface area contributed by atoms with Gasteiger partial charge in [0.05, 0.1) is 19.1 Å². The number of aryl methyl sites for hydroxylation is 2. The Kier molecular flexibility index (Phi) is 3.90. The topological polar surface area (TPSA) is 80.0 Å². The van der Waals surface area contributed by atoms with E-state index < -0.39 is 12.1 Å². The molecule has 0 unspecified atom stereocenters. The third kappa shape index (κ3) is 3.14. The van der Waals surface area contributed by atoms with Crippen molar-refractivity contribution >= 4 is 11.9 Å². The molecule has 1 aromatic rings. The van der Waals surface area contributed by atoms with Crippen LogP contribution in [-0.4, -0.2) is 47.7 Å². The smallest absolute Gasteiger partial charge is 0.306 e. The molecule has 0 bridgehead atoms. The second kappa shape index (κ2) is 5.44. The van der Waals surface area contributed by atoms with Crippen LogP contribution >= 0.6 is 0 Å². The van der Waals surface area contributed by atoms with E-state index in [0.29, 0.717) is 24.7 Å². The largest absolute Gasteiger partial charge is 0.481 e. The van der Waals surface area contributed by atoms with Gasteiger partial charge in [-0.15, -0.1) is 0 Å². The van der Waals surface area contributed by atoms with E-state index in [1.54, 1.807) is 11.8 Å². The predicted octanol–water partition coefficient (Wildman–Crippen LogP) is 1.21. The van der Waals surface area contributed by atoms with Crippen LogP contribution in [0.5, 0.6) is 0 Å². The molecular weight excluding hydrogens is 250 g/mol. The average Bonchev–Trinajstić information content (AvgIpc) is 2.67. The SMILES string of the molecule is Cc1cc(C)c(C(=O)N2CCO[C@@H](CC(=O)O)C2)o1. The van der Waals surface area contributed by atoms with Gasteiger partial charge >= 0.3 is 5.97 Å². The minimum absolute atomic E-state index is 0.0973. The number of morpholine rings is 1. The summed E-state index contributed by atoms with van der Waals surface area (Å²) in [6.07, 6.45) is -0.550. The first-order valence-corrected chi connectivity index (χ1v) is 6.17. The lowest BCUT2D eigenvalue weighted by Crippen LogP contribution is -2.46. The summed E-state index contributed by atoms with van der Waals surface area (Å²) in [5, 5.41) is 8.75. The summed E-state index contributed by atoms with van der Waals surface area (Å²) < 4.78 is 10.7. The summed E-state index contributed by atoms with van der Waals surface area (Å²) in [6.45, 7) is 4.69. The molecule has 1 aliphatic rings. The molecule has 1 fully saturated rings. The zero-order valence-corrected chi connectivity index (χ0v) is 11.0. The van der Waals surface area contributed by atoms with E-state index >= 15 is 0 Å². The standard InChI is InChI=1S/C13H17NO5/c1-8-5-9(2)19-12(8)13(17)14-3-4-18-10(7-14)6-11(15)16/h5,10H,3-4,6-7H2,1-2H3,(H,15,16)/t10-/m0/s1. The first-order valence-electron chi connectivity index (χ1n) is 6.17. The molecule has 1 atom stereocenters. The number of rotatable bonds is 3. The number of carboxylic acid groups (broad SMARTS) is 1. The molecular formula is C13H17NO5. The molecule has 19 heavy (non-hydrogen) atoms. The lowest BCUT2D eigenvalue weighted by Gasteiger charge is -2.31. The number of carbonyl (C=O) groups excluding carboxylic acids is 1. The van der Waals surface area contributed by atoms with Crippen LogP contribution in [0.25, 0.3) is 0 Å². The number of hydrogen-bond donors (Lipinski definition) is 1. The molecule has 0 spiro atoms. The second-order valence-electron chi connectivity index (χ2n) is 4.71. The van der Waals surface area contributed by atoms with Crippen LogP contribution in [0.1, 0.15) is 28.3 Å². The summed E-state index contributed by atoms with van der Waals surface area (Å²) in [5.41, 5.74) is 0.795.